The fourth-order valence-electron chi connectivity index (χ4n) is 2.98. The molecule has 1 aromatic heterocycles. The van der Waals surface area contributed by atoms with Gasteiger partial charge in [-0.15, -0.1) is 0 Å². The van der Waals surface area contributed by atoms with Gasteiger partial charge in [-0.3, -0.25) is 14.9 Å². The van der Waals surface area contributed by atoms with Crippen LogP contribution in [0.2, 0.25) is 0 Å². The number of nitro benzene ring substituents is 1. The minimum Gasteiger partial charge on any atom is -0.497 e. The molecule has 3 aromatic carbocycles. The maximum atomic E-state index is 13.1. The number of carbonyl (C=O) groups is 1. The van der Waals surface area contributed by atoms with E-state index in [0.29, 0.717) is 28.1 Å². The van der Waals surface area contributed by atoms with Gasteiger partial charge in [-0.25, -0.2) is 4.99 Å². The normalized spacial score (nSPS) is 11.4. The highest BCUT2D eigenvalue weighted by Gasteiger charge is 2.15. The van der Waals surface area contributed by atoms with Crippen LogP contribution in [0.25, 0.3) is 11.0 Å². The summed E-state index contributed by atoms with van der Waals surface area (Å²) in [5.41, 5.74) is 1.60. The quantitative estimate of drug-likeness (QED) is 0.287. The average Bonchev–Trinajstić information content (AvgIpc) is 2.80. The minimum absolute atomic E-state index is 0.0751. The number of non-ortho nitro benzene ring substituents is 1. The van der Waals surface area contributed by atoms with Crippen molar-refractivity contribution < 1.29 is 18.9 Å². The highest BCUT2D eigenvalue weighted by atomic mass is 79.9. The maximum Gasteiger partial charge on any atom is 0.270 e. The van der Waals surface area contributed by atoms with E-state index in [-0.39, 0.29) is 16.8 Å². The van der Waals surface area contributed by atoms with Gasteiger partial charge in [-0.1, -0.05) is 15.9 Å². The molecule has 0 atom stereocenters. The topological polar surface area (TPSA) is 107 Å². The summed E-state index contributed by atoms with van der Waals surface area (Å²) in [6.07, 6.45) is 0. The number of rotatable bonds is 5. The molecule has 0 radical (unpaired) electrons. The highest BCUT2D eigenvalue weighted by Crippen LogP contribution is 2.23. The average molecular weight is 494 g/mol. The summed E-state index contributed by atoms with van der Waals surface area (Å²) in [6.45, 7) is 0. The van der Waals surface area contributed by atoms with Gasteiger partial charge in [0.1, 0.15) is 16.9 Å². The summed E-state index contributed by atoms with van der Waals surface area (Å²) >= 11 is 3.35. The summed E-state index contributed by atoms with van der Waals surface area (Å²) < 4.78 is 11.9. The SMILES string of the molecule is COc1ccc(N=c2oc3ccc([N+](=O)[O-])cc3cc2C(=O)Nc2ccc(Br)cc2)cc1. The fraction of sp³-hybridized carbons (Fsp3) is 0.0435. The van der Waals surface area contributed by atoms with E-state index >= 15 is 0 Å². The molecule has 4 aromatic rings. The maximum absolute atomic E-state index is 13.1. The van der Waals surface area contributed by atoms with Crippen molar-refractivity contribution in [2.45, 2.75) is 0 Å². The first kappa shape index (κ1) is 21.3. The number of ether oxygens (including phenoxy) is 1. The van der Waals surface area contributed by atoms with Crippen molar-refractivity contribution in [3.05, 3.63) is 98.5 Å². The predicted octanol–water partition coefficient (Wildman–Crippen LogP) is 5.60. The summed E-state index contributed by atoms with van der Waals surface area (Å²) in [5, 5.41) is 14.4. The molecule has 1 amide bonds. The van der Waals surface area contributed by atoms with Crippen LogP contribution >= 0.6 is 15.9 Å². The zero-order valence-corrected chi connectivity index (χ0v) is 18.3. The minimum atomic E-state index is -0.503. The smallest absolute Gasteiger partial charge is 0.270 e. The Morgan fingerprint density at radius 3 is 2.44 bits per heavy atom. The molecule has 1 heterocycles. The van der Waals surface area contributed by atoms with Gasteiger partial charge in [-0.2, -0.15) is 0 Å². The van der Waals surface area contributed by atoms with Crippen LogP contribution in [0.3, 0.4) is 0 Å². The lowest BCUT2D eigenvalue weighted by Gasteiger charge is -2.07. The number of fused-ring (bicyclic) bond motifs is 1. The third-order valence-electron chi connectivity index (χ3n) is 4.59. The van der Waals surface area contributed by atoms with Crippen LogP contribution in [0, 0.1) is 10.1 Å². The molecule has 9 heteroatoms. The van der Waals surface area contributed by atoms with Crippen molar-refractivity contribution in [1.82, 2.24) is 0 Å². The molecule has 0 aliphatic heterocycles. The molecule has 0 saturated carbocycles. The molecule has 0 spiro atoms. The van der Waals surface area contributed by atoms with E-state index < -0.39 is 10.8 Å². The van der Waals surface area contributed by atoms with Crippen molar-refractivity contribution in [2.75, 3.05) is 12.4 Å². The van der Waals surface area contributed by atoms with E-state index in [1.54, 1.807) is 55.6 Å². The molecule has 4 rings (SSSR count). The molecule has 0 aliphatic rings. The molecule has 0 aliphatic carbocycles. The van der Waals surface area contributed by atoms with E-state index in [0.717, 1.165) is 4.47 Å². The van der Waals surface area contributed by atoms with Gasteiger partial charge in [0.25, 0.3) is 11.6 Å². The number of benzene rings is 3. The Kier molecular flexibility index (Phi) is 6.00. The fourth-order valence-corrected chi connectivity index (χ4v) is 3.25. The summed E-state index contributed by atoms with van der Waals surface area (Å²) in [5.74, 6) is 0.205. The number of nitrogens with zero attached hydrogens (tertiary/aromatic N) is 2. The lowest BCUT2D eigenvalue weighted by atomic mass is 10.1. The van der Waals surface area contributed by atoms with Crippen molar-refractivity contribution >= 4 is 49.9 Å². The zero-order chi connectivity index (χ0) is 22.7. The zero-order valence-electron chi connectivity index (χ0n) is 16.7. The van der Waals surface area contributed by atoms with E-state index in [1.165, 1.54) is 24.3 Å². The van der Waals surface area contributed by atoms with Gasteiger partial charge >= 0.3 is 0 Å². The van der Waals surface area contributed by atoms with Crippen LogP contribution in [0.1, 0.15) is 10.4 Å². The summed E-state index contributed by atoms with van der Waals surface area (Å²) in [7, 11) is 1.56. The largest absolute Gasteiger partial charge is 0.497 e. The highest BCUT2D eigenvalue weighted by molar-refractivity contribution is 9.10. The number of hydrogen-bond donors (Lipinski definition) is 1. The standard InChI is InChI=1S/C23H16BrN3O5/c1-31-19-9-6-17(7-10-19)26-23-20(22(28)25-16-4-2-15(24)3-5-16)13-14-12-18(27(29)30)8-11-21(14)32-23/h2-13H,1H3,(H,25,28). The Labute approximate surface area is 190 Å². The Morgan fingerprint density at radius 2 is 1.78 bits per heavy atom. The number of carbonyl (C=O) groups excluding carboxylic acids is 1. The van der Waals surface area contributed by atoms with Gasteiger partial charge in [0.2, 0.25) is 5.55 Å². The molecule has 0 fully saturated rings. The molecule has 0 saturated heterocycles. The van der Waals surface area contributed by atoms with Gasteiger partial charge in [0, 0.05) is 27.7 Å². The summed E-state index contributed by atoms with van der Waals surface area (Å²) in [4.78, 5) is 28.2. The number of nitro groups is 1. The van der Waals surface area contributed by atoms with Gasteiger partial charge in [-0.05, 0) is 60.7 Å². The van der Waals surface area contributed by atoms with E-state index in [1.807, 2.05) is 0 Å². The summed E-state index contributed by atoms with van der Waals surface area (Å²) in [6, 6.07) is 19.7. The molecule has 160 valence electrons. The number of amides is 1. The number of nitrogens with one attached hydrogen (secondary N) is 1. The predicted molar refractivity (Wildman–Crippen MR) is 123 cm³/mol. The molecule has 8 nitrogen and oxygen atoms in total. The lowest BCUT2D eigenvalue weighted by molar-refractivity contribution is -0.384. The van der Waals surface area contributed by atoms with E-state index in [2.05, 4.69) is 26.2 Å². The van der Waals surface area contributed by atoms with Crippen molar-refractivity contribution in [2.24, 2.45) is 4.99 Å². The Bertz CT molecular complexity index is 1380. The van der Waals surface area contributed by atoms with Crippen LogP contribution < -0.4 is 15.6 Å². The van der Waals surface area contributed by atoms with Crippen LogP contribution in [-0.2, 0) is 0 Å². The Hall–Kier alpha value is -3.98. The second-order valence-corrected chi connectivity index (χ2v) is 7.63. The first-order valence-electron chi connectivity index (χ1n) is 9.41. The second kappa shape index (κ2) is 9.03. The first-order chi connectivity index (χ1) is 15.4. The number of methoxy groups -OCH3 is 1. The van der Waals surface area contributed by atoms with Gasteiger partial charge in [0.05, 0.1) is 17.7 Å². The van der Waals surface area contributed by atoms with Crippen LogP contribution in [0.15, 0.2) is 86.7 Å². The molecule has 0 unspecified atom stereocenters. The third-order valence-corrected chi connectivity index (χ3v) is 5.12. The first-order valence-corrected chi connectivity index (χ1v) is 10.2. The molecular formula is C23H16BrN3O5. The van der Waals surface area contributed by atoms with Crippen LogP contribution in [0.5, 0.6) is 5.75 Å². The second-order valence-electron chi connectivity index (χ2n) is 6.72. The van der Waals surface area contributed by atoms with Crippen LogP contribution in [0.4, 0.5) is 17.1 Å². The molecular weight excluding hydrogens is 478 g/mol. The van der Waals surface area contributed by atoms with E-state index in [9.17, 15) is 14.9 Å². The molecule has 1 N–H and O–H groups in total. The molecule has 32 heavy (non-hydrogen) atoms. The van der Waals surface area contributed by atoms with Crippen molar-refractivity contribution in [1.29, 1.82) is 0 Å². The van der Waals surface area contributed by atoms with Crippen molar-refractivity contribution in [3.63, 3.8) is 0 Å². The number of anilines is 1. The van der Waals surface area contributed by atoms with Gasteiger partial charge < -0.3 is 14.5 Å². The van der Waals surface area contributed by atoms with Crippen LogP contribution in [-0.4, -0.2) is 17.9 Å². The lowest BCUT2D eigenvalue weighted by Crippen LogP contribution is -2.21. The molecule has 0 bridgehead atoms. The number of hydrogen-bond acceptors (Lipinski definition) is 6. The van der Waals surface area contributed by atoms with Gasteiger partial charge in [0.15, 0.2) is 0 Å². The number of halogens is 1. The van der Waals surface area contributed by atoms with Crippen molar-refractivity contribution in [3.8, 4) is 5.75 Å². The third kappa shape index (κ3) is 4.68. The Morgan fingerprint density at radius 1 is 1.06 bits per heavy atom. The Balaban J connectivity index is 1.84. The monoisotopic (exact) mass is 493 g/mol. The van der Waals surface area contributed by atoms with E-state index in [4.69, 9.17) is 9.15 Å².